The molecule has 0 saturated carbocycles. The van der Waals surface area contributed by atoms with E-state index in [9.17, 15) is 4.39 Å². The first-order valence-corrected chi connectivity index (χ1v) is 4.74. The highest BCUT2D eigenvalue weighted by molar-refractivity contribution is 5.80. The van der Waals surface area contributed by atoms with E-state index >= 15 is 0 Å². The van der Waals surface area contributed by atoms with Crippen LogP contribution >= 0.6 is 0 Å². The van der Waals surface area contributed by atoms with E-state index in [1.165, 1.54) is 12.1 Å². The normalized spacial score (nSPS) is 10.9. The fourth-order valence-corrected chi connectivity index (χ4v) is 1.53. The van der Waals surface area contributed by atoms with Gasteiger partial charge >= 0.3 is 0 Å². The third kappa shape index (κ3) is 1.94. The molecule has 4 heteroatoms. The molecular weight excluding hydrogens is 195 g/mol. The smallest absolute Gasteiger partial charge is 0.131 e. The fourth-order valence-electron chi connectivity index (χ4n) is 1.53. The van der Waals surface area contributed by atoms with Crippen LogP contribution in [0.3, 0.4) is 0 Å². The van der Waals surface area contributed by atoms with Gasteiger partial charge in [-0.25, -0.2) is 14.4 Å². The molecule has 0 saturated heterocycles. The second-order valence-corrected chi connectivity index (χ2v) is 3.36. The van der Waals surface area contributed by atoms with Crippen LogP contribution in [0.15, 0.2) is 18.2 Å². The van der Waals surface area contributed by atoms with E-state index in [-0.39, 0.29) is 12.4 Å². The van der Waals surface area contributed by atoms with Gasteiger partial charge in [-0.3, -0.25) is 0 Å². The molecule has 2 aromatic rings. The number of aliphatic hydroxyl groups excluding tert-OH is 1. The van der Waals surface area contributed by atoms with Crippen LogP contribution < -0.4 is 0 Å². The van der Waals surface area contributed by atoms with Crippen molar-refractivity contribution in [2.75, 3.05) is 6.61 Å². The summed E-state index contributed by atoms with van der Waals surface area (Å²) in [6.45, 7) is 1.83. The van der Waals surface area contributed by atoms with Crippen molar-refractivity contribution < 1.29 is 9.50 Å². The number of aliphatic hydroxyl groups is 1. The molecule has 3 nitrogen and oxygen atoms in total. The van der Waals surface area contributed by atoms with Crippen LogP contribution in [0.4, 0.5) is 4.39 Å². The van der Waals surface area contributed by atoms with Crippen molar-refractivity contribution in [3.8, 4) is 0 Å². The van der Waals surface area contributed by atoms with Crippen molar-refractivity contribution in [3.05, 3.63) is 35.5 Å². The Bertz CT molecular complexity index is 499. The monoisotopic (exact) mass is 206 g/mol. The van der Waals surface area contributed by atoms with Crippen LogP contribution in [0.25, 0.3) is 10.9 Å². The summed E-state index contributed by atoms with van der Waals surface area (Å²) in [5.41, 5.74) is 1.45. The summed E-state index contributed by atoms with van der Waals surface area (Å²) in [4.78, 5) is 8.42. The van der Waals surface area contributed by atoms with Gasteiger partial charge < -0.3 is 5.11 Å². The van der Waals surface area contributed by atoms with E-state index in [4.69, 9.17) is 5.11 Å². The quantitative estimate of drug-likeness (QED) is 0.812. The molecule has 0 aliphatic heterocycles. The van der Waals surface area contributed by atoms with Crippen molar-refractivity contribution in [3.63, 3.8) is 0 Å². The first kappa shape index (κ1) is 9.98. The topological polar surface area (TPSA) is 46.0 Å². The molecule has 1 heterocycles. The first-order valence-electron chi connectivity index (χ1n) is 4.74. The third-order valence-corrected chi connectivity index (χ3v) is 2.23. The standard InChI is InChI=1S/C11H11FN2O/c1-7-9-6-8(12)2-3-10(9)14-11(13-7)4-5-15/h2-3,6,15H,4-5H2,1H3. The number of halogens is 1. The summed E-state index contributed by atoms with van der Waals surface area (Å²) < 4.78 is 13.0. The van der Waals surface area contributed by atoms with Gasteiger partial charge in [-0.15, -0.1) is 0 Å². The Hall–Kier alpha value is -1.55. The van der Waals surface area contributed by atoms with Crippen LogP contribution in [-0.4, -0.2) is 21.7 Å². The van der Waals surface area contributed by atoms with Gasteiger partial charge in [-0.05, 0) is 25.1 Å². The second kappa shape index (κ2) is 3.90. The van der Waals surface area contributed by atoms with Crippen LogP contribution in [0.5, 0.6) is 0 Å². The number of fused-ring (bicyclic) bond motifs is 1. The highest BCUT2D eigenvalue weighted by Crippen LogP contribution is 2.16. The second-order valence-electron chi connectivity index (χ2n) is 3.36. The molecule has 0 aliphatic carbocycles. The number of nitrogens with zero attached hydrogens (tertiary/aromatic N) is 2. The van der Waals surface area contributed by atoms with Gasteiger partial charge in [0.15, 0.2) is 0 Å². The van der Waals surface area contributed by atoms with Crippen LogP contribution in [0.2, 0.25) is 0 Å². The van der Waals surface area contributed by atoms with E-state index in [0.29, 0.717) is 17.8 Å². The molecule has 78 valence electrons. The lowest BCUT2D eigenvalue weighted by Gasteiger charge is -2.04. The zero-order valence-corrected chi connectivity index (χ0v) is 8.37. The Balaban J connectivity index is 2.62. The Kier molecular flexibility index (Phi) is 2.60. The molecule has 1 N–H and O–H groups in total. The fraction of sp³-hybridized carbons (Fsp3) is 0.273. The van der Waals surface area contributed by atoms with E-state index in [0.717, 1.165) is 11.1 Å². The number of rotatable bonds is 2. The van der Waals surface area contributed by atoms with Gasteiger partial charge in [0, 0.05) is 17.5 Å². The average molecular weight is 206 g/mol. The summed E-state index contributed by atoms with van der Waals surface area (Å²) in [5.74, 6) is 0.304. The molecular formula is C11H11FN2O. The molecule has 1 aromatic heterocycles. The highest BCUT2D eigenvalue weighted by atomic mass is 19.1. The lowest BCUT2D eigenvalue weighted by molar-refractivity contribution is 0.296. The Morgan fingerprint density at radius 2 is 2.13 bits per heavy atom. The van der Waals surface area contributed by atoms with Crippen molar-refractivity contribution in [2.24, 2.45) is 0 Å². The maximum atomic E-state index is 13.0. The minimum Gasteiger partial charge on any atom is -0.396 e. The maximum absolute atomic E-state index is 13.0. The molecule has 0 atom stereocenters. The average Bonchev–Trinajstić information content (AvgIpc) is 2.20. The van der Waals surface area contributed by atoms with E-state index in [1.54, 1.807) is 6.07 Å². The Morgan fingerprint density at radius 1 is 1.33 bits per heavy atom. The Labute approximate surface area is 86.6 Å². The Morgan fingerprint density at radius 3 is 2.87 bits per heavy atom. The number of aromatic nitrogens is 2. The van der Waals surface area contributed by atoms with E-state index in [2.05, 4.69) is 9.97 Å². The van der Waals surface area contributed by atoms with Crippen LogP contribution in [0, 0.1) is 12.7 Å². The van der Waals surface area contributed by atoms with Gasteiger partial charge in [0.1, 0.15) is 11.6 Å². The van der Waals surface area contributed by atoms with Crippen LogP contribution in [-0.2, 0) is 6.42 Å². The number of hydrogen-bond acceptors (Lipinski definition) is 3. The predicted octanol–water partition coefficient (Wildman–Crippen LogP) is 1.61. The zero-order chi connectivity index (χ0) is 10.8. The maximum Gasteiger partial charge on any atom is 0.131 e. The minimum atomic E-state index is -0.288. The molecule has 0 radical (unpaired) electrons. The predicted molar refractivity (Wildman–Crippen MR) is 55.0 cm³/mol. The molecule has 0 amide bonds. The van der Waals surface area contributed by atoms with Crippen molar-refractivity contribution in [1.29, 1.82) is 0 Å². The number of benzene rings is 1. The number of hydrogen-bond donors (Lipinski definition) is 1. The summed E-state index contributed by atoms with van der Waals surface area (Å²) in [7, 11) is 0. The molecule has 0 spiro atoms. The van der Waals surface area contributed by atoms with E-state index in [1.807, 2.05) is 6.92 Å². The van der Waals surface area contributed by atoms with Crippen molar-refractivity contribution in [1.82, 2.24) is 9.97 Å². The van der Waals surface area contributed by atoms with E-state index < -0.39 is 0 Å². The van der Waals surface area contributed by atoms with Gasteiger partial charge in [-0.1, -0.05) is 0 Å². The zero-order valence-electron chi connectivity index (χ0n) is 8.37. The minimum absolute atomic E-state index is 0.0200. The summed E-state index contributed by atoms with van der Waals surface area (Å²) in [6.07, 6.45) is 0.425. The summed E-state index contributed by atoms with van der Waals surface area (Å²) in [5, 5.41) is 9.51. The molecule has 0 unspecified atom stereocenters. The molecule has 0 fully saturated rings. The van der Waals surface area contributed by atoms with Crippen molar-refractivity contribution >= 4 is 10.9 Å². The molecule has 1 aromatic carbocycles. The number of aryl methyl sites for hydroxylation is 1. The molecule has 2 rings (SSSR count). The molecule has 0 bridgehead atoms. The molecule has 0 aliphatic rings. The SMILES string of the molecule is Cc1nc(CCO)nc2ccc(F)cc12. The third-order valence-electron chi connectivity index (χ3n) is 2.23. The van der Waals surface area contributed by atoms with Gasteiger partial charge in [0.05, 0.1) is 12.1 Å². The largest absolute Gasteiger partial charge is 0.396 e. The molecule has 15 heavy (non-hydrogen) atoms. The lowest BCUT2D eigenvalue weighted by Crippen LogP contribution is -2.01. The van der Waals surface area contributed by atoms with Gasteiger partial charge in [0.2, 0.25) is 0 Å². The van der Waals surface area contributed by atoms with Crippen molar-refractivity contribution in [2.45, 2.75) is 13.3 Å². The van der Waals surface area contributed by atoms with Gasteiger partial charge in [0.25, 0.3) is 0 Å². The lowest BCUT2D eigenvalue weighted by atomic mass is 10.2. The summed E-state index contributed by atoms with van der Waals surface area (Å²) in [6, 6.07) is 4.42. The van der Waals surface area contributed by atoms with Crippen LogP contribution in [0.1, 0.15) is 11.5 Å². The van der Waals surface area contributed by atoms with Gasteiger partial charge in [-0.2, -0.15) is 0 Å². The summed E-state index contributed by atoms with van der Waals surface area (Å²) >= 11 is 0. The first-order chi connectivity index (χ1) is 7.20. The highest BCUT2D eigenvalue weighted by Gasteiger charge is 2.04.